The molecule has 1 fully saturated rings. The Labute approximate surface area is 163 Å². The van der Waals surface area contributed by atoms with Gasteiger partial charge in [-0.1, -0.05) is 6.07 Å². The van der Waals surface area contributed by atoms with Crippen LogP contribution in [0.2, 0.25) is 0 Å². The number of hydrogen-bond donors (Lipinski definition) is 2. The SMILES string of the molecule is Cc1nc(-c2ccncc2)nc(Nc2cccc(N3CCCNC3=O)c2)c1C. The van der Waals surface area contributed by atoms with E-state index in [2.05, 4.69) is 20.6 Å². The van der Waals surface area contributed by atoms with Crippen LogP contribution in [0.4, 0.5) is 22.0 Å². The van der Waals surface area contributed by atoms with E-state index in [1.54, 1.807) is 17.3 Å². The maximum atomic E-state index is 12.1. The van der Waals surface area contributed by atoms with E-state index in [1.807, 2.05) is 50.2 Å². The van der Waals surface area contributed by atoms with E-state index in [1.165, 1.54) is 0 Å². The predicted octanol–water partition coefficient (Wildman–Crippen LogP) is 3.82. The summed E-state index contributed by atoms with van der Waals surface area (Å²) in [5, 5.41) is 6.28. The number of nitrogens with one attached hydrogen (secondary N) is 2. The Hall–Kier alpha value is -3.48. The zero-order chi connectivity index (χ0) is 19.5. The van der Waals surface area contributed by atoms with Crippen LogP contribution in [0.25, 0.3) is 11.4 Å². The van der Waals surface area contributed by atoms with Crippen LogP contribution in [-0.2, 0) is 0 Å². The minimum Gasteiger partial charge on any atom is -0.340 e. The highest BCUT2D eigenvalue weighted by atomic mass is 16.2. The van der Waals surface area contributed by atoms with Crippen LogP contribution in [-0.4, -0.2) is 34.1 Å². The summed E-state index contributed by atoms with van der Waals surface area (Å²) >= 11 is 0. The number of benzene rings is 1. The number of aryl methyl sites for hydroxylation is 1. The van der Waals surface area contributed by atoms with Crippen LogP contribution in [0.15, 0.2) is 48.8 Å². The number of nitrogens with zero attached hydrogens (tertiary/aromatic N) is 4. The smallest absolute Gasteiger partial charge is 0.321 e. The topological polar surface area (TPSA) is 83.0 Å². The average molecular weight is 374 g/mol. The van der Waals surface area contributed by atoms with Crippen LogP contribution in [0.5, 0.6) is 0 Å². The normalized spacial score (nSPS) is 13.9. The molecule has 1 aliphatic heterocycles. The first-order valence-electron chi connectivity index (χ1n) is 9.30. The summed E-state index contributed by atoms with van der Waals surface area (Å²) in [6.07, 6.45) is 4.39. The summed E-state index contributed by atoms with van der Waals surface area (Å²) in [7, 11) is 0. The molecule has 2 N–H and O–H groups in total. The molecule has 0 bridgehead atoms. The van der Waals surface area contributed by atoms with Crippen molar-refractivity contribution in [3.8, 4) is 11.4 Å². The summed E-state index contributed by atoms with van der Waals surface area (Å²) in [5.41, 5.74) is 4.55. The second kappa shape index (κ2) is 7.64. The molecule has 0 radical (unpaired) electrons. The Bertz CT molecular complexity index is 1010. The monoisotopic (exact) mass is 374 g/mol. The van der Waals surface area contributed by atoms with E-state index >= 15 is 0 Å². The maximum absolute atomic E-state index is 12.1. The number of anilines is 3. The Morgan fingerprint density at radius 2 is 1.93 bits per heavy atom. The molecule has 0 saturated carbocycles. The fourth-order valence-electron chi connectivity index (χ4n) is 3.14. The van der Waals surface area contributed by atoms with Gasteiger partial charge < -0.3 is 10.6 Å². The molecule has 7 heteroatoms. The van der Waals surface area contributed by atoms with Crippen molar-refractivity contribution in [2.45, 2.75) is 20.3 Å². The zero-order valence-corrected chi connectivity index (χ0v) is 15.9. The molecular weight excluding hydrogens is 352 g/mol. The highest BCUT2D eigenvalue weighted by molar-refractivity contribution is 5.93. The number of amides is 2. The van der Waals surface area contributed by atoms with Gasteiger partial charge in [-0.25, -0.2) is 14.8 Å². The summed E-state index contributed by atoms with van der Waals surface area (Å²) in [5.74, 6) is 1.40. The van der Waals surface area contributed by atoms with Crippen LogP contribution in [0.3, 0.4) is 0 Å². The van der Waals surface area contributed by atoms with Gasteiger partial charge >= 0.3 is 6.03 Å². The van der Waals surface area contributed by atoms with Gasteiger partial charge in [0.25, 0.3) is 0 Å². The van der Waals surface area contributed by atoms with E-state index in [0.717, 1.165) is 47.0 Å². The zero-order valence-electron chi connectivity index (χ0n) is 15.9. The van der Waals surface area contributed by atoms with Crippen molar-refractivity contribution in [3.05, 3.63) is 60.0 Å². The van der Waals surface area contributed by atoms with Crippen molar-refractivity contribution in [1.82, 2.24) is 20.3 Å². The highest BCUT2D eigenvalue weighted by Crippen LogP contribution is 2.27. The first kappa shape index (κ1) is 17.9. The summed E-state index contributed by atoms with van der Waals surface area (Å²) < 4.78 is 0. The van der Waals surface area contributed by atoms with Gasteiger partial charge in [0.05, 0.1) is 0 Å². The second-order valence-corrected chi connectivity index (χ2v) is 6.75. The molecule has 1 aliphatic rings. The van der Waals surface area contributed by atoms with Crippen molar-refractivity contribution >= 4 is 23.2 Å². The molecule has 2 aromatic heterocycles. The number of aromatic nitrogens is 3. The van der Waals surface area contributed by atoms with E-state index in [9.17, 15) is 4.79 Å². The number of pyridine rings is 1. The molecule has 1 saturated heterocycles. The number of rotatable bonds is 4. The molecule has 3 aromatic rings. The predicted molar refractivity (Wildman–Crippen MR) is 110 cm³/mol. The molecule has 3 heterocycles. The summed E-state index contributed by atoms with van der Waals surface area (Å²) in [6, 6.07) is 11.5. The lowest BCUT2D eigenvalue weighted by Crippen LogP contribution is -2.46. The largest absolute Gasteiger partial charge is 0.340 e. The van der Waals surface area contributed by atoms with E-state index < -0.39 is 0 Å². The number of carbonyl (C=O) groups excluding carboxylic acids is 1. The van der Waals surface area contributed by atoms with Gasteiger partial charge in [0.15, 0.2) is 5.82 Å². The second-order valence-electron chi connectivity index (χ2n) is 6.75. The van der Waals surface area contributed by atoms with Crippen LogP contribution >= 0.6 is 0 Å². The van der Waals surface area contributed by atoms with E-state index in [0.29, 0.717) is 12.4 Å². The molecule has 4 rings (SSSR count). The van der Waals surface area contributed by atoms with Gasteiger partial charge in [0.1, 0.15) is 5.82 Å². The first-order chi connectivity index (χ1) is 13.6. The van der Waals surface area contributed by atoms with Gasteiger partial charge in [-0.05, 0) is 50.6 Å². The number of urea groups is 1. The van der Waals surface area contributed by atoms with E-state index in [4.69, 9.17) is 4.98 Å². The summed E-state index contributed by atoms with van der Waals surface area (Å²) in [6.45, 7) is 5.41. The quantitative estimate of drug-likeness (QED) is 0.725. The minimum atomic E-state index is -0.0579. The molecule has 0 atom stereocenters. The number of hydrogen-bond acceptors (Lipinski definition) is 5. The summed E-state index contributed by atoms with van der Waals surface area (Å²) in [4.78, 5) is 27.3. The third kappa shape index (κ3) is 3.64. The molecule has 7 nitrogen and oxygen atoms in total. The van der Waals surface area contributed by atoms with Gasteiger partial charge in [0.2, 0.25) is 0 Å². The van der Waals surface area contributed by atoms with Crippen molar-refractivity contribution in [1.29, 1.82) is 0 Å². The maximum Gasteiger partial charge on any atom is 0.321 e. The fraction of sp³-hybridized carbons (Fsp3) is 0.238. The lowest BCUT2D eigenvalue weighted by atomic mass is 10.2. The third-order valence-electron chi connectivity index (χ3n) is 4.83. The fourth-order valence-corrected chi connectivity index (χ4v) is 3.14. The molecular formula is C21H22N6O. The van der Waals surface area contributed by atoms with Gasteiger partial charge in [-0.3, -0.25) is 9.88 Å². The number of carbonyl (C=O) groups is 1. The minimum absolute atomic E-state index is 0.0579. The van der Waals surface area contributed by atoms with Crippen molar-refractivity contribution in [2.75, 3.05) is 23.3 Å². The Kier molecular flexibility index (Phi) is 4.89. The Balaban J connectivity index is 1.65. The van der Waals surface area contributed by atoms with Crippen LogP contribution in [0, 0.1) is 13.8 Å². The third-order valence-corrected chi connectivity index (χ3v) is 4.83. The molecule has 2 amide bonds. The van der Waals surface area contributed by atoms with Crippen molar-refractivity contribution in [2.24, 2.45) is 0 Å². The molecule has 0 unspecified atom stereocenters. The Morgan fingerprint density at radius 3 is 2.71 bits per heavy atom. The molecule has 1 aromatic carbocycles. The van der Waals surface area contributed by atoms with E-state index in [-0.39, 0.29) is 6.03 Å². The molecule has 0 spiro atoms. The van der Waals surface area contributed by atoms with Crippen molar-refractivity contribution in [3.63, 3.8) is 0 Å². The average Bonchev–Trinajstić information content (AvgIpc) is 2.72. The Morgan fingerprint density at radius 1 is 1.11 bits per heavy atom. The lowest BCUT2D eigenvalue weighted by Gasteiger charge is -2.27. The van der Waals surface area contributed by atoms with Crippen LogP contribution in [0.1, 0.15) is 17.7 Å². The van der Waals surface area contributed by atoms with Gasteiger partial charge in [-0.15, -0.1) is 0 Å². The lowest BCUT2D eigenvalue weighted by molar-refractivity contribution is 0.243. The van der Waals surface area contributed by atoms with Gasteiger partial charge in [0, 0.05) is 53.7 Å². The molecule has 142 valence electrons. The highest BCUT2D eigenvalue weighted by Gasteiger charge is 2.19. The molecule has 0 aliphatic carbocycles. The van der Waals surface area contributed by atoms with Crippen molar-refractivity contribution < 1.29 is 4.79 Å². The van der Waals surface area contributed by atoms with Gasteiger partial charge in [-0.2, -0.15) is 0 Å². The van der Waals surface area contributed by atoms with Crippen LogP contribution < -0.4 is 15.5 Å². The first-order valence-corrected chi connectivity index (χ1v) is 9.30. The standard InChI is InChI=1S/C21H22N6O/c1-14-15(2)24-20(16-7-10-22-11-8-16)26-19(14)25-17-5-3-6-18(13-17)27-12-4-9-23-21(27)28/h3,5-8,10-11,13H,4,9,12H2,1-2H3,(H,23,28)(H,24,25,26). The molecule has 28 heavy (non-hydrogen) atoms.